The predicted octanol–water partition coefficient (Wildman–Crippen LogP) is 7.33. The first kappa shape index (κ1) is 38.5. The second kappa shape index (κ2) is 15.1. The molecule has 4 unspecified atom stereocenters. The Morgan fingerprint density at radius 2 is 1.67 bits per heavy atom. The smallest absolute Gasteiger partial charge is 0.497 e. The van der Waals surface area contributed by atoms with Gasteiger partial charge in [-0.15, -0.1) is 13.2 Å². The largest absolute Gasteiger partial charge is 0.573 e. The summed E-state index contributed by atoms with van der Waals surface area (Å²) >= 11 is 0. The van der Waals surface area contributed by atoms with Gasteiger partial charge in [0.25, 0.3) is 0 Å². The number of aliphatic hydroxyl groups excluding tert-OH is 1. The molecule has 0 heterocycles. The zero-order valence-corrected chi connectivity index (χ0v) is 30.2. The van der Waals surface area contributed by atoms with Crippen LogP contribution in [0.15, 0.2) is 78.4 Å². The summed E-state index contributed by atoms with van der Waals surface area (Å²) in [5.74, 6) is -0.364. The van der Waals surface area contributed by atoms with Crippen LogP contribution in [0.25, 0.3) is 0 Å². The van der Waals surface area contributed by atoms with Crippen molar-refractivity contribution in [3.05, 3.63) is 106 Å². The fourth-order valence-electron chi connectivity index (χ4n) is 7.68. The summed E-state index contributed by atoms with van der Waals surface area (Å²) < 4.78 is 75.1. The summed E-state index contributed by atoms with van der Waals surface area (Å²) in [4.78, 5) is 14.3. The number of hydrogen-bond acceptors (Lipinski definition) is 7. The number of benzene rings is 3. The summed E-state index contributed by atoms with van der Waals surface area (Å²) in [6.45, 7) is 3.54. The minimum atomic E-state index is -4.86. The van der Waals surface area contributed by atoms with Crippen molar-refractivity contribution >= 4 is 15.8 Å². The van der Waals surface area contributed by atoms with Crippen LogP contribution < -0.4 is 9.47 Å². The fourth-order valence-corrected chi connectivity index (χ4v) is 8.51. The predicted molar refractivity (Wildman–Crippen MR) is 188 cm³/mol. The summed E-state index contributed by atoms with van der Waals surface area (Å²) in [7, 11) is -2.36. The van der Waals surface area contributed by atoms with Gasteiger partial charge in [0.1, 0.15) is 11.5 Å². The SMILES string of the molecule is COc1ccc(C(=O)c2cc3ccc2C2CCC(O)(CN(Cc4ccc(OC(F)(F)F)cc4)S(C)(=O)=O)C2(C)CCC=C(C)CCC(O)C3)cc1. The van der Waals surface area contributed by atoms with Gasteiger partial charge in [-0.3, -0.25) is 4.79 Å². The number of rotatable bonds is 9. The Kier molecular flexibility index (Phi) is 11.4. The van der Waals surface area contributed by atoms with Crippen LogP contribution in [0.2, 0.25) is 0 Å². The van der Waals surface area contributed by atoms with E-state index in [0.717, 1.165) is 35.1 Å². The van der Waals surface area contributed by atoms with E-state index in [2.05, 4.69) is 10.8 Å². The summed E-state index contributed by atoms with van der Waals surface area (Å²) in [5, 5.41) is 23.6. The number of halogens is 3. The molecular formula is C39H46F3NO7S. The third kappa shape index (κ3) is 9.03. The molecule has 4 atom stereocenters. The Morgan fingerprint density at radius 3 is 2.29 bits per heavy atom. The van der Waals surface area contributed by atoms with Gasteiger partial charge in [-0.1, -0.05) is 42.8 Å². The van der Waals surface area contributed by atoms with Crippen molar-refractivity contribution in [2.24, 2.45) is 5.41 Å². The molecule has 0 amide bonds. The number of aliphatic hydroxyl groups is 2. The number of sulfonamides is 1. The normalized spacial score (nSPS) is 24.5. The van der Waals surface area contributed by atoms with E-state index in [1.807, 2.05) is 32.0 Å². The van der Waals surface area contributed by atoms with Crippen LogP contribution in [-0.4, -0.2) is 66.7 Å². The van der Waals surface area contributed by atoms with Crippen LogP contribution in [0.5, 0.6) is 11.5 Å². The zero-order chi connectivity index (χ0) is 37.2. The number of alkyl halides is 3. The Labute approximate surface area is 298 Å². The van der Waals surface area contributed by atoms with E-state index >= 15 is 0 Å². The molecule has 0 aromatic heterocycles. The lowest BCUT2D eigenvalue weighted by Gasteiger charge is -2.45. The van der Waals surface area contributed by atoms with E-state index in [9.17, 15) is 36.6 Å². The number of allylic oxidation sites excluding steroid dienone is 2. The molecule has 1 fully saturated rings. The molecule has 0 radical (unpaired) electrons. The molecule has 51 heavy (non-hydrogen) atoms. The molecule has 6 rings (SSSR count). The van der Waals surface area contributed by atoms with E-state index in [1.54, 1.807) is 31.4 Å². The average molecular weight is 730 g/mol. The molecule has 12 heteroatoms. The Morgan fingerprint density at radius 1 is 1.00 bits per heavy atom. The van der Waals surface area contributed by atoms with Crippen LogP contribution in [0.4, 0.5) is 13.2 Å². The van der Waals surface area contributed by atoms with Crippen molar-refractivity contribution in [1.29, 1.82) is 0 Å². The van der Waals surface area contributed by atoms with E-state index in [4.69, 9.17) is 4.74 Å². The maximum atomic E-state index is 14.3. The van der Waals surface area contributed by atoms with Crippen molar-refractivity contribution in [1.82, 2.24) is 4.31 Å². The number of hydrogen-bond donors (Lipinski definition) is 2. The first-order valence-electron chi connectivity index (χ1n) is 17.1. The Balaban J connectivity index is 1.55. The lowest BCUT2D eigenvalue weighted by molar-refractivity contribution is -0.274. The van der Waals surface area contributed by atoms with Crippen LogP contribution in [0.3, 0.4) is 0 Å². The molecule has 2 bridgehead atoms. The standard InChI is InChI=1S/C39H46F3NO7S/c1-26-6-5-20-37(2)35(19-21-38(37,46)25-43(51(4,47)48)24-27-8-14-32(15-9-27)50-39(40,41)42)33-18-10-28(22-30(44)13-7-26)23-34(33)36(45)29-11-16-31(49-3)17-12-29/h6,8-12,14-18,23,30,35,44,46H,5,7,13,19-22,24-25H2,1-4H3. The van der Waals surface area contributed by atoms with Crippen molar-refractivity contribution in [2.45, 2.75) is 89.3 Å². The summed E-state index contributed by atoms with van der Waals surface area (Å²) in [5.41, 5.74) is 1.57. The number of fused-ring (bicyclic) bond motifs is 8. The summed E-state index contributed by atoms with van der Waals surface area (Å²) in [6.07, 6.45) is 1.06. The van der Waals surface area contributed by atoms with Crippen LogP contribution >= 0.6 is 0 Å². The highest BCUT2D eigenvalue weighted by Gasteiger charge is 2.58. The molecule has 8 nitrogen and oxygen atoms in total. The number of carbonyl (C=O) groups excluding carboxylic acids is 1. The van der Waals surface area contributed by atoms with Gasteiger partial charge in [-0.2, -0.15) is 4.31 Å². The summed E-state index contributed by atoms with van der Waals surface area (Å²) in [6, 6.07) is 17.5. The highest BCUT2D eigenvalue weighted by Crippen LogP contribution is 2.59. The molecule has 3 aromatic rings. The first-order chi connectivity index (χ1) is 23.9. The molecular weight excluding hydrogens is 683 g/mol. The van der Waals surface area contributed by atoms with E-state index in [0.29, 0.717) is 61.0 Å². The zero-order valence-electron chi connectivity index (χ0n) is 29.4. The quantitative estimate of drug-likeness (QED) is 0.175. The minimum Gasteiger partial charge on any atom is -0.497 e. The molecule has 3 aliphatic rings. The lowest BCUT2D eigenvalue weighted by Crippen LogP contribution is -2.53. The van der Waals surface area contributed by atoms with E-state index in [-0.39, 0.29) is 31.2 Å². The van der Waals surface area contributed by atoms with Gasteiger partial charge >= 0.3 is 6.36 Å². The van der Waals surface area contributed by atoms with Gasteiger partial charge in [0, 0.05) is 29.6 Å². The van der Waals surface area contributed by atoms with Gasteiger partial charge in [0.2, 0.25) is 10.0 Å². The van der Waals surface area contributed by atoms with E-state index < -0.39 is 39.3 Å². The second-order valence-electron chi connectivity index (χ2n) is 14.2. The van der Waals surface area contributed by atoms with Gasteiger partial charge < -0.3 is 19.7 Å². The number of ketones is 1. The van der Waals surface area contributed by atoms with Crippen molar-refractivity contribution in [3.8, 4) is 11.5 Å². The Bertz CT molecular complexity index is 1840. The topological polar surface area (TPSA) is 113 Å². The molecule has 0 spiro atoms. The molecule has 0 saturated heterocycles. The molecule has 0 aliphatic heterocycles. The number of methoxy groups -OCH3 is 1. The average Bonchev–Trinajstić information content (AvgIpc) is 3.31. The van der Waals surface area contributed by atoms with Gasteiger partial charge in [0.05, 0.1) is 25.1 Å². The van der Waals surface area contributed by atoms with Crippen molar-refractivity contribution in [3.63, 3.8) is 0 Å². The number of carbonyl (C=O) groups is 1. The highest BCUT2D eigenvalue weighted by molar-refractivity contribution is 7.88. The fraction of sp³-hybridized carbons (Fsp3) is 0.462. The third-order valence-corrected chi connectivity index (χ3v) is 11.9. The van der Waals surface area contributed by atoms with E-state index in [1.165, 1.54) is 16.4 Å². The van der Waals surface area contributed by atoms with Crippen LogP contribution in [0.1, 0.15) is 90.9 Å². The van der Waals surface area contributed by atoms with Gasteiger partial charge in [-0.05, 0) is 117 Å². The maximum Gasteiger partial charge on any atom is 0.573 e. The maximum absolute atomic E-state index is 14.3. The van der Waals surface area contributed by atoms with Crippen LogP contribution in [0, 0.1) is 5.41 Å². The highest BCUT2D eigenvalue weighted by atomic mass is 32.2. The lowest BCUT2D eigenvalue weighted by atomic mass is 9.64. The van der Waals surface area contributed by atoms with Gasteiger partial charge in [0.15, 0.2) is 5.78 Å². The molecule has 1 saturated carbocycles. The van der Waals surface area contributed by atoms with Crippen molar-refractivity contribution in [2.75, 3.05) is 19.9 Å². The second-order valence-corrected chi connectivity index (χ2v) is 16.2. The third-order valence-electron chi connectivity index (χ3n) is 10.7. The minimum absolute atomic E-state index is 0.175. The number of ether oxygens (including phenoxy) is 2. The van der Waals surface area contributed by atoms with Crippen molar-refractivity contribution < 1.29 is 46.1 Å². The molecule has 276 valence electrons. The Hall–Kier alpha value is -3.71. The van der Waals surface area contributed by atoms with Crippen LogP contribution in [-0.2, 0) is 23.0 Å². The first-order valence-corrected chi connectivity index (χ1v) is 18.9. The monoisotopic (exact) mass is 729 g/mol. The molecule has 2 N–H and O–H groups in total. The molecule has 3 aromatic carbocycles. The molecule has 3 aliphatic carbocycles. The van der Waals surface area contributed by atoms with Gasteiger partial charge in [-0.25, -0.2) is 8.42 Å². The number of nitrogens with zero attached hydrogens (tertiary/aromatic N) is 1.